The topological polar surface area (TPSA) is 30.5 Å². The van der Waals surface area contributed by atoms with E-state index in [-0.39, 0.29) is 0 Å². The minimum absolute atomic E-state index is 0.350. The second kappa shape index (κ2) is 6.50. The zero-order valence-electron chi connectivity index (χ0n) is 10.4. The van der Waals surface area contributed by atoms with Gasteiger partial charge >= 0.3 is 0 Å². The van der Waals surface area contributed by atoms with Crippen molar-refractivity contribution in [3.8, 4) is 11.5 Å². The Morgan fingerprint density at radius 2 is 1.88 bits per heavy atom. The number of rotatable bonds is 4. The molecule has 1 aliphatic heterocycles. The van der Waals surface area contributed by atoms with Crippen molar-refractivity contribution >= 4 is 0 Å². The van der Waals surface area contributed by atoms with Gasteiger partial charge in [0.2, 0.25) is 0 Å². The van der Waals surface area contributed by atoms with E-state index in [1.807, 2.05) is 31.2 Å². The first kappa shape index (κ1) is 12.2. The van der Waals surface area contributed by atoms with E-state index in [1.54, 1.807) is 0 Å². The Morgan fingerprint density at radius 1 is 1.12 bits per heavy atom. The highest BCUT2D eigenvalue weighted by molar-refractivity contribution is 5.31. The lowest BCUT2D eigenvalue weighted by Crippen LogP contribution is -2.19. The van der Waals surface area contributed by atoms with Crippen molar-refractivity contribution in [2.24, 2.45) is 0 Å². The van der Waals surface area contributed by atoms with Crippen LogP contribution in [0.4, 0.5) is 0 Å². The van der Waals surface area contributed by atoms with Gasteiger partial charge in [0, 0.05) is 0 Å². The molecule has 0 bridgehead atoms. The largest absolute Gasteiger partial charge is 0.494 e. The van der Waals surface area contributed by atoms with Gasteiger partial charge < -0.3 is 14.8 Å². The summed E-state index contributed by atoms with van der Waals surface area (Å²) < 4.78 is 11.4. The molecule has 1 atom stereocenters. The summed E-state index contributed by atoms with van der Waals surface area (Å²) in [5.41, 5.74) is 0. The van der Waals surface area contributed by atoms with Crippen molar-refractivity contribution in [3.63, 3.8) is 0 Å². The summed E-state index contributed by atoms with van der Waals surface area (Å²) in [6, 6.07) is 7.91. The lowest BCUT2D eigenvalue weighted by molar-refractivity contribution is 0.187. The highest BCUT2D eigenvalue weighted by Gasteiger charge is 2.13. The Morgan fingerprint density at radius 3 is 2.65 bits per heavy atom. The fraction of sp³-hybridized carbons (Fsp3) is 0.571. The smallest absolute Gasteiger partial charge is 0.119 e. The van der Waals surface area contributed by atoms with Crippen molar-refractivity contribution in [1.82, 2.24) is 5.32 Å². The van der Waals surface area contributed by atoms with Crippen LogP contribution in [0.1, 0.15) is 26.2 Å². The lowest BCUT2D eigenvalue weighted by Gasteiger charge is -2.16. The quantitative estimate of drug-likeness (QED) is 0.870. The van der Waals surface area contributed by atoms with Gasteiger partial charge in [0.05, 0.1) is 12.7 Å². The fourth-order valence-corrected chi connectivity index (χ4v) is 2.08. The summed E-state index contributed by atoms with van der Waals surface area (Å²) in [6.45, 7) is 4.86. The maximum Gasteiger partial charge on any atom is 0.119 e. The third-order valence-corrected chi connectivity index (χ3v) is 2.96. The van der Waals surface area contributed by atoms with E-state index in [9.17, 15) is 0 Å². The van der Waals surface area contributed by atoms with Crippen molar-refractivity contribution in [2.45, 2.75) is 32.3 Å². The van der Waals surface area contributed by atoms with Crippen LogP contribution in [-0.2, 0) is 0 Å². The Hall–Kier alpha value is -1.22. The monoisotopic (exact) mass is 235 g/mol. The molecule has 1 aromatic carbocycles. The number of hydrogen-bond acceptors (Lipinski definition) is 3. The van der Waals surface area contributed by atoms with Crippen molar-refractivity contribution < 1.29 is 9.47 Å². The van der Waals surface area contributed by atoms with Gasteiger partial charge in [-0.1, -0.05) is 0 Å². The standard InChI is InChI=1S/C14H21NO2/c1-2-16-12-5-7-14(8-6-12)17-13-4-3-10-15-11-9-13/h5-8,13,15H,2-4,9-11H2,1H3. The van der Waals surface area contributed by atoms with Crippen LogP contribution in [-0.4, -0.2) is 25.8 Å². The number of ether oxygens (including phenoxy) is 2. The molecule has 94 valence electrons. The van der Waals surface area contributed by atoms with Gasteiger partial charge in [-0.25, -0.2) is 0 Å². The zero-order chi connectivity index (χ0) is 11.9. The number of hydrogen-bond donors (Lipinski definition) is 1. The summed E-state index contributed by atoms with van der Waals surface area (Å²) >= 11 is 0. The molecule has 0 aromatic heterocycles. The van der Waals surface area contributed by atoms with E-state index in [0.29, 0.717) is 12.7 Å². The van der Waals surface area contributed by atoms with Crippen molar-refractivity contribution in [2.75, 3.05) is 19.7 Å². The molecule has 0 spiro atoms. The van der Waals surface area contributed by atoms with Gasteiger partial charge in [-0.15, -0.1) is 0 Å². The molecule has 1 heterocycles. The molecular formula is C14H21NO2. The maximum absolute atomic E-state index is 5.97. The van der Waals surface area contributed by atoms with Gasteiger partial charge in [0.1, 0.15) is 11.5 Å². The van der Waals surface area contributed by atoms with Crippen molar-refractivity contribution in [3.05, 3.63) is 24.3 Å². The Labute approximate surface area is 103 Å². The molecule has 0 amide bonds. The molecule has 0 aliphatic carbocycles. The Kier molecular flexibility index (Phi) is 4.68. The molecule has 1 saturated heterocycles. The molecule has 1 aliphatic rings. The SMILES string of the molecule is CCOc1ccc(OC2CCCNCC2)cc1. The highest BCUT2D eigenvalue weighted by atomic mass is 16.5. The van der Waals surface area contributed by atoms with E-state index in [4.69, 9.17) is 9.47 Å². The van der Waals surface area contributed by atoms with Crippen LogP contribution in [0.5, 0.6) is 11.5 Å². The molecule has 1 aromatic rings. The molecule has 0 saturated carbocycles. The fourth-order valence-electron chi connectivity index (χ4n) is 2.08. The first-order chi connectivity index (χ1) is 8.38. The summed E-state index contributed by atoms with van der Waals surface area (Å²) in [7, 11) is 0. The number of nitrogens with one attached hydrogen (secondary N) is 1. The summed E-state index contributed by atoms with van der Waals surface area (Å²) in [6.07, 6.45) is 3.78. The van der Waals surface area contributed by atoms with Crippen LogP contribution in [0.15, 0.2) is 24.3 Å². The normalized spacial score (nSPS) is 20.6. The Bertz CT molecular complexity index is 315. The van der Waals surface area contributed by atoms with Gasteiger partial charge in [0.15, 0.2) is 0 Å². The van der Waals surface area contributed by atoms with E-state index in [0.717, 1.165) is 37.4 Å². The minimum Gasteiger partial charge on any atom is -0.494 e. The zero-order valence-corrected chi connectivity index (χ0v) is 10.4. The first-order valence-corrected chi connectivity index (χ1v) is 6.48. The molecule has 0 radical (unpaired) electrons. The maximum atomic E-state index is 5.97. The van der Waals surface area contributed by atoms with E-state index in [1.165, 1.54) is 6.42 Å². The van der Waals surface area contributed by atoms with E-state index < -0.39 is 0 Å². The van der Waals surface area contributed by atoms with Crippen molar-refractivity contribution in [1.29, 1.82) is 0 Å². The highest BCUT2D eigenvalue weighted by Crippen LogP contribution is 2.21. The van der Waals surface area contributed by atoms with Crippen LogP contribution in [0, 0.1) is 0 Å². The lowest BCUT2D eigenvalue weighted by atomic mass is 10.1. The molecule has 2 rings (SSSR count). The van der Waals surface area contributed by atoms with Gasteiger partial charge in [-0.2, -0.15) is 0 Å². The molecule has 1 unspecified atom stereocenters. The first-order valence-electron chi connectivity index (χ1n) is 6.48. The molecule has 3 heteroatoms. The second-order valence-electron chi connectivity index (χ2n) is 4.33. The molecule has 1 fully saturated rings. The van der Waals surface area contributed by atoms with Gasteiger partial charge in [-0.3, -0.25) is 0 Å². The predicted molar refractivity (Wildman–Crippen MR) is 68.7 cm³/mol. The number of benzene rings is 1. The minimum atomic E-state index is 0.350. The van der Waals surface area contributed by atoms with Gasteiger partial charge in [-0.05, 0) is 63.5 Å². The third-order valence-electron chi connectivity index (χ3n) is 2.96. The Balaban J connectivity index is 1.88. The molecule has 1 N–H and O–H groups in total. The average molecular weight is 235 g/mol. The molecule has 3 nitrogen and oxygen atoms in total. The van der Waals surface area contributed by atoms with Crippen LogP contribution in [0.25, 0.3) is 0 Å². The van der Waals surface area contributed by atoms with Gasteiger partial charge in [0.25, 0.3) is 0 Å². The van der Waals surface area contributed by atoms with Crippen LogP contribution >= 0.6 is 0 Å². The predicted octanol–water partition coefficient (Wildman–Crippen LogP) is 2.61. The summed E-state index contributed by atoms with van der Waals surface area (Å²) in [5.74, 6) is 1.85. The second-order valence-corrected chi connectivity index (χ2v) is 4.33. The van der Waals surface area contributed by atoms with E-state index >= 15 is 0 Å². The van der Waals surface area contributed by atoms with E-state index in [2.05, 4.69) is 5.32 Å². The summed E-state index contributed by atoms with van der Waals surface area (Å²) in [5, 5.41) is 3.39. The summed E-state index contributed by atoms with van der Waals surface area (Å²) in [4.78, 5) is 0. The van der Waals surface area contributed by atoms with Crippen LogP contribution < -0.4 is 14.8 Å². The molecule has 17 heavy (non-hydrogen) atoms. The van der Waals surface area contributed by atoms with Crippen LogP contribution in [0.3, 0.4) is 0 Å². The third kappa shape index (κ3) is 3.93. The molecular weight excluding hydrogens is 214 g/mol. The average Bonchev–Trinajstić information content (AvgIpc) is 2.61. The van der Waals surface area contributed by atoms with Crippen LogP contribution in [0.2, 0.25) is 0 Å².